The molecule has 0 atom stereocenters. The monoisotopic (exact) mass is 351 g/mol. The summed E-state index contributed by atoms with van der Waals surface area (Å²) in [6.07, 6.45) is 4.79. The number of aromatic amines is 1. The topological polar surface area (TPSA) is 116 Å². The highest BCUT2D eigenvalue weighted by Gasteiger charge is 2.25. The molecule has 8 nitrogen and oxygen atoms in total. The Labute approximate surface area is 149 Å². The molecule has 132 valence electrons. The summed E-state index contributed by atoms with van der Waals surface area (Å²) in [6.45, 7) is 0. The van der Waals surface area contributed by atoms with Gasteiger partial charge in [-0.25, -0.2) is 9.78 Å². The smallest absolute Gasteiger partial charge is 0.339 e. The molecule has 1 aromatic carbocycles. The fraction of sp³-hybridized carbons (Fsp3) is 0.222. The van der Waals surface area contributed by atoms with E-state index in [4.69, 9.17) is 10.5 Å². The predicted molar refractivity (Wildman–Crippen MR) is 94.7 cm³/mol. The van der Waals surface area contributed by atoms with Crippen LogP contribution in [0.2, 0.25) is 0 Å². The van der Waals surface area contributed by atoms with Gasteiger partial charge in [-0.1, -0.05) is 6.07 Å². The van der Waals surface area contributed by atoms with Gasteiger partial charge >= 0.3 is 5.97 Å². The minimum Gasteiger partial charge on any atom is -0.465 e. The molecule has 8 heteroatoms. The highest BCUT2D eigenvalue weighted by atomic mass is 16.5. The summed E-state index contributed by atoms with van der Waals surface area (Å²) >= 11 is 0. The number of hydrogen-bond donors (Lipinski definition) is 2. The molecule has 1 saturated carbocycles. The van der Waals surface area contributed by atoms with Gasteiger partial charge in [-0.05, 0) is 31.0 Å². The Kier molecular flexibility index (Phi) is 3.80. The van der Waals surface area contributed by atoms with Crippen LogP contribution in [0.5, 0.6) is 0 Å². The van der Waals surface area contributed by atoms with Crippen molar-refractivity contribution in [2.24, 2.45) is 0 Å². The molecule has 1 fully saturated rings. The Bertz CT molecular complexity index is 1000. The van der Waals surface area contributed by atoms with E-state index in [9.17, 15) is 9.59 Å². The number of anilines is 1. The van der Waals surface area contributed by atoms with Crippen LogP contribution in [0.15, 0.2) is 30.5 Å². The fourth-order valence-corrected chi connectivity index (χ4v) is 2.85. The van der Waals surface area contributed by atoms with Gasteiger partial charge in [-0.2, -0.15) is 5.10 Å². The van der Waals surface area contributed by atoms with Crippen molar-refractivity contribution >= 4 is 17.9 Å². The molecule has 1 aliphatic carbocycles. The minimum absolute atomic E-state index is 0.187. The Hall–Kier alpha value is -3.42. The van der Waals surface area contributed by atoms with E-state index in [2.05, 4.69) is 15.1 Å². The highest BCUT2D eigenvalue weighted by Crippen LogP contribution is 2.36. The Morgan fingerprint density at radius 3 is 2.88 bits per heavy atom. The molecule has 4 rings (SSSR count). The standard InChI is InChI=1S/C18H17N5O3/c1-26-18(25)12-8-10(2-5-13(12)19)16-17(21-15(9-24)20-16)14-6-7-23(22-14)11-3-4-11/h2,5-9,11H,3-4,19H2,1H3,(H,20,21). The van der Waals surface area contributed by atoms with E-state index < -0.39 is 5.97 Å². The fourth-order valence-electron chi connectivity index (χ4n) is 2.85. The number of nitrogens with one attached hydrogen (secondary N) is 1. The van der Waals surface area contributed by atoms with E-state index in [1.54, 1.807) is 18.2 Å². The van der Waals surface area contributed by atoms with Gasteiger partial charge in [-0.3, -0.25) is 9.48 Å². The number of imidazole rings is 1. The number of aldehydes is 1. The zero-order valence-corrected chi connectivity index (χ0v) is 14.1. The van der Waals surface area contributed by atoms with E-state index in [0.717, 1.165) is 12.8 Å². The van der Waals surface area contributed by atoms with E-state index >= 15 is 0 Å². The lowest BCUT2D eigenvalue weighted by Crippen LogP contribution is -2.05. The average molecular weight is 351 g/mol. The number of benzene rings is 1. The summed E-state index contributed by atoms with van der Waals surface area (Å²) in [7, 11) is 1.30. The lowest BCUT2D eigenvalue weighted by molar-refractivity contribution is 0.0602. The van der Waals surface area contributed by atoms with Crippen molar-refractivity contribution in [1.29, 1.82) is 0 Å². The molecule has 1 aliphatic rings. The van der Waals surface area contributed by atoms with Gasteiger partial charge in [0.1, 0.15) is 11.4 Å². The first-order valence-corrected chi connectivity index (χ1v) is 8.19. The third-order valence-corrected chi connectivity index (χ3v) is 4.35. The SMILES string of the molecule is COC(=O)c1cc(-c2[nH]c(C=O)nc2-c2ccn(C3CC3)n2)ccc1N. The van der Waals surface area contributed by atoms with Gasteiger partial charge in [0.15, 0.2) is 12.1 Å². The first kappa shape index (κ1) is 16.1. The molecule has 2 heterocycles. The predicted octanol–water partition coefficient (Wildman–Crippen LogP) is 2.46. The molecule has 0 bridgehead atoms. The van der Waals surface area contributed by atoms with Crippen molar-refractivity contribution < 1.29 is 14.3 Å². The quantitative estimate of drug-likeness (QED) is 0.414. The second-order valence-electron chi connectivity index (χ2n) is 6.17. The second-order valence-corrected chi connectivity index (χ2v) is 6.17. The van der Waals surface area contributed by atoms with Crippen LogP contribution in [-0.4, -0.2) is 39.1 Å². The average Bonchev–Trinajstić information content (AvgIpc) is 3.23. The van der Waals surface area contributed by atoms with Crippen LogP contribution in [0.25, 0.3) is 22.6 Å². The first-order valence-electron chi connectivity index (χ1n) is 8.19. The number of aromatic nitrogens is 4. The van der Waals surface area contributed by atoms with E-state index in [0.29, 0.717) is 40.7 Å². The largest absolute Gasteiger partial charge is 0.465 e. The van der Waals surface area contributed by atoms with Crippen LogP contribution in [0.4, 0.5) is 5.69 Å². The number of methoxy groups -OCH3 is 1. The number of H-pyrrole nitrogens is 1. The normalized spacial score (nSPS) is 13.6. The van der Waals surface area contributed by atoms with Crippen molar-refractivity contribution in [3.05, 3.63) is 41.9 Å². The van der Waals surface area contributed by atoms with Crippen LogP contribution < -0.4 is 5.73 Å². The number of ether oxygens (including phenoxy) is 1. The van der Waals surface area contributed by atoms with Gasteiger partial charge in [0.05, 0.1) is 24.4 Å². The Morgan fingerprint density at radius 1 is 1.38 bits per heavy atom. The van der Waals surface area contributed by atoms with Crippen molar-refractivity contribution in [2.45, 2.75) is 18.9 Å². The van der Waals surface area contributed by atoms with Crippen LogP contribution >= 0.6 is 0 Å². The van der Waals surface area contributed by atoms with Gasteiger partial charge in [0.25, 0.3) is 0 Å². The maximum atomic E-state index is 11.9. The maximum absolute atomic E-state index is 11.9. The molecule has 0 radical (unpaired) electrons. The van der Waals surface area contributed by atoms with E-state index in [1.165, 1.54) is 7.11 Å². The van der Waals surface area contributed by atoms with Gasteiger partial charge < -0.3 is 15.5 Å². The van der Waals surface area contributed by atoms with Crippen molar-refractivity contribution in [3.8, 4) is 22.6 Å². The molecule has 3 N–H and O–H groups in total. The molecular formula is C18H17N5O3. The first-order chi connectivity index (χ1) is 12.6. The molecule has 0 saturated heterocycles. The summed E-state index contributed by atoms with van der Waals surface area (Å²) < 4.78 is 6.68. The van der Waals surface area contributed by atoms with Gasteiger partial charge in [0.2, 0.25) is 0 Å². The second kappa shape index (κ2) is 6.14. The van der Waals surface area contributed by atoms with Gasteiger partial charge in [-0.15, -0.1) is 0 Å². The third kappa shape index (κ3) is 2.75. The number of nitrogens with zero attached hydrogens (tertiary/aromatic N) is 3. The summed E-state index contributed by atoms with van der Waals surface area (Å²) in [5, 5.41) is 4.57. The molecule has 0 spiro atoms. The number of carbonyl (C=O) groups is 2. The van der Waals surface area contributed by atoms with Crippen LogP contribution in [-0.2, 0) is 4.74 Å². The Balaban J connectivity index is 1.82. The minimum atomic E-state index is -0.529. The van der Waals surface area contributed by atoms with Crippen LogP contribution in [0.1, 0.15) is 39.9 Å². The van der Waals surface area contributed by atoms with Gasteiger partial charge in [0, 0.05) is 17.4 Å². The van der Waals surface area contributed by atoms with Crippen molar-refractivity contribution in [3.63, 3.8) is 0 Å². The zero-order valence-electron chi connectivity index (χ0n) is 14.1. The number of nitrogen functional groups attached to an aromatic ring is 1. The lowest BCUT2D eigenvalue weighted by Gasteiger charge is -2.07. The zero-order chi connectivity index (χ0) is 18.3. The summed E-state index contributed by atoms with van der Waals surface area (Å²) in [6, 6.07) is 7.30. The number of carbonyl (C=O) groups excluding carboxylic acids is 2. The number of esters is 1. The molecule has 0 unspecified atom stereocenters. The number of hydrogen-bond acceptors (Lipinski definition) is 6. The molecule has 0 aliphatic heterocycles. The van der Waals surface area contributed by atoms with Crippen LogP contribution in [0.3, 0.4) is 0 Å². The summed E-state index contributed by atoms with van der Waals surface area (Å²) in [4.78, 5) is 30.5. The highest BCUT2D eigenvalue weighted by molar-refractivity contribution is 5.97. The van der Waals surface area contributed by atoms with Crippen LogP contribution in [0, 0.1) is 0 Å². The molecule has 3 aromatic rings. The summed E-state index contributed by atoms with van der Waals surface area (Å²) in [5.74, 6) is -0.341. The number of nitrogens with two attached hydrogens (primary N) is 1. The summed E-state index contributed by atoms with van der Waals surface area (Å²) in [5.41, 5.74) is 8.90. The van der Waals surface area contributed by atoms with Crippen molar-refractivity contribution in [2.75, 3.05) is 12.8 Å². The Morgan fingerprint density at radius 2 is 2.19 bits per heavy atom. The third-order valence-electron chi connectivity index (χ3n) is 4.35. The van der Waals surface area contributed by atoms with E-state index in [1.807, 2.05) is 16.9 Å². The number of rotatable bonds is 5. The van der Waals surface area contributed by atoms with Crippen molar-refractivity contribution in [1.82, 2.24) is 19.7 Å². The molecule has 0 amide bonds. The van der Waals surface area contributed by atoms with E-state index in [-0.39, 0.29) is 11.4 Å². The molecule has 2 aromatic heterocycles. The molecule has 26 heavy (non-hydrogen) atoms. The molecular weight excluding hydrogens is 334 g/mol. The maximum Gasteiger partial charge on any atom is 0.339 e. The lowest BCUT2D eigenvalue weighted by atomic mass is 10.0.